The van der Waals surface area contributed by atoms with Crippen molar-refractivity contribution in [3.8, 4) is 0 Å². The van der Waals surface area contributed by atoms with Crippen molar-refractivity contribution >= 4 is 0 Å². The van der Waals surface area contributed by atoms with Gasteiger partial charge in [0.15, 0.2) is 0 Å². The lowest BCUT2D eigenvalue weighted by molar-refractivity contribution is 0.131. The number of benzene rings is 1. The molecule has 3 rings (SSSR count). The Labute approximate surface area is 130 Å². The largest absolute Gasteiger partial charge is 0.306 e. The van der Waals surface area contributed by atoms with E-state index < -0.39 is 0 Å². The molecule has 1 fully saturated rings. The summed E-state index contributed by atoms with van der Waals surface area (Å²) in [6, 6.07) is 4.85. The van der Waals surface area contributed by atoms with Crippen LogP contribution in [0.1, 0.15) is 74.6 Å². The highest BCUT2D eigenvalue weighted by atomic mass is 15.1. The van der Waals surface area contributed by atoms with Crippen molar-refractivity contribution in [2.75, 3.05) is 20.1 Å². The summed E-state index contributed by atoms with van der Waals surface area (Å²) in [4.78, 5) is 2.50. The van der Waals surface area contributed by atoms with E-state index in [1.807, 2.05) is 0 Å². The minimum atomic E-state index is 0.573. The molecule has 21 heavy (non-hydrogen) atoms. The summed E-state index contributed by atoms with van der Waals surface area (Å²) in [5.74, 6) is 1.31. The Morgan fingerprint density at radius 2 is 1.29 bits per heavy atom. The molecule has 1 aromatic carbocycles. The summed E-state index contributed by atoms with van der Waals surface area (Å²) in [5.41, 5.74) is 7.25. The van der Waals surface area contributed by atoms with Crippen LogP contribution < -0.4 is 0 Å². The zero-order valence-electron chi connectivity index (χ0n) is 14.5. The number of piperidine rings is 1. The molecule has 1 heteroatoms. The molecule has 0 atom stereocenters. The highest BCUT2D eigenvalue weighted by Gasteiger charge is 2.41. The second kappa shape index (κ2) is 5.43. The summed E-state index contributed by atoms with van der Waals surface area (Å²) in [6.07, 6.45) is 5.44. The lowest BCUT2D eigenvalue weighted by Gasteiger charge is -2.38. The van der Waals surface area contributed by atoms with Gasteiger partial charge in [0.05, 0.1) is 0 Å². The maximum absolute atomic E-state index is 2.50. The third-order valence-corrected chi connectivity index (χ3v) is 5.90. The molecular formula is C20H31N. The Hall–Kier alpha value is -0.820. The standard InChI is InChI=1S/C20H31N/c1-14(2)16-6-7-17(15(3)4)19-13-20(12-18(16)19)8-10-21(5)11-9-20/h6-7,14-15H,8-13H2,1-5H3. The molecule has 1 spiro atoms. The fourth-order valence-corrected chi connectivity index (χ4v) is 4.49. The Kier molecular flexibility index (Phi) is 3.90. The third-order valence-electron chi connectivity index (χ3n) is 5.90. The van der Waals surface area contributed by atoms with Crippen molar-refractivity contribution in [1.82, 2.24) is 4.90 Å². The van der Waals surface area contributed by atoms with Gasteiger partial charge in [-0.2, -0.15) is 0 Å². The van der Waals surface area contributed by atoms with Crippen LogP contribution >= 0.6 is 0 Å². The number of hydrogen-bond acceptors (Lipinski definition) is 1. The molecular weight excluding hydrogens is 254 g/mol. The molecule has 0 radical (unpaired) electrons. The van der Waals surface area contributed by atoms with E-state index in [-0.39, 0.29) is 0 Å². The molecule has 0 amide bonds. The average Bonchev–Trinajstić information content (AvgIpc) is 2.79. The van der Waals surface area contributed by atoms with Crippen LogP contribution in [0.3, 0.4) is 0 Å². The fraction of sp³-hybridized carbons (Fsp3) is 0.700. The van der Waals surface area contributed by atoms with Gasteiger partial charge in [0.25, 0.3) is 0 Å². The maximum Gasteiger partial charge on any atom is -0.00163 e. The van der Waals surface area contributed by atoms with Gasteiger partial charge in [-0.15, -0.1) is 0 Å². The first-order chi connectivity index (χ1) is 9.92. The van der Waals surface area contributed by atoms with Crippen molar-refractivity contribution in [3.05, 3.63) is 34.4 Å². The van der Waals surface area contributed by atoms with Crippen LogP contribution in [-0.2, 0) is 12.8 Å². The van der Waals surface area contributed by atoms with E-state index in [0.717, 1.165) is 0 Å². The normalized spacial score (nSPS) is 21.5. The summed E-state index contributed by atoms with van der Waals surface area (Å²) >= 11 is 0. The molecule has 1 nitrogen and oxygen atoms in total. The van der Waals surface area contributed by atoms with E-state index in [1.165, 1.54) is 38.8 Å². The van der Waals surface area contributed by atoms with E-state index >= 15 is 0 Å². The van der Waals surface area contributed by atoms with E-state index in [0.29, 0.717) is 17.3 Å². The molecule has 1 aromatic rings. The van der Waals surface area contributed by atoms with Gasteiger partial charge in [0, 0.05) is 0 Å². The molecule has 1 heterocycles. The second-order valence-electron chi connectivity index (χ2n) is 8.17. The predicted octanol–water partition coefficient (Wildman–Crippen LogP) is 4.74. The second-order valence-corrected chi connectivity index (χ2v) is 8.17. The first kappa shape index (κ1) is 15.1. The number of rotatable bonds is 2. The van der Waals surface area contributed by atoms with Gasteiger partial charge in [-0.1, -0.05) is 39.8 Å². The molecule has 0 aromatic heterocycles. The maximum atomic E-state index is 2.50. The van der Waals surface area contributed by atoms with Gasteiger partial charge in [-0.05, 0) is 85.3 Å². The molecule has 1 aliphatic heterocycles. The van der Waals surface area contributed by atoms with Gasteiger partial charge < -0.3 is 4.90 Å². The predicted molar refractivity (Wildman–Crippen MR) is 91.2 cm³/mol. The van der Waals surface area contributed by atoms with Crippen molar-refractivity contribution in [1.29, 1.82) is 0 Å². The van der Waals surface area contributed by atoms with E-state index in [9.17, 15) is 0 Å². The van der Waals surface area contributed by atoms with Crippen LogP contribution in [0.4, 0.5) is 0 Å². The Morgan fingerprint density at radius 3 is 1.67 bits per heavy atom. The summed E-state index contributed by atoms with van der Waals surface area (Å²) in [5, 5.41) is 0. The minimum Gasteiger partial charge on any atom is -0.306 e. The van der Waals surface area contributed by atoms with E-state index in [4.69, 9.17) is 0 Å². The zero-order chi connectivity index (χ0) is 15.2. The fourth-order valence-electron chi connectivity index (χ4n) is 4.49. The number of nitrogens with zero attached hydrogens (tertiary/aromatic N) is 1. The SMILES string of the molecule is CC(C)c1ccc(C(C)C)c2c1CC1(CCN(C)CC1)C2. The molecule has 116 valence electrons. The third kappa shape index (κ3) is 2.65. The van der Waals surface area contributed by atoms with Gasteiger partial charge in [0.2, 0.25) is 0 Å². The quantitative estimate of drug-likeness (QED) is 0.758. The topological polar surface area (TPSA) is 3.24 Å². The summed E-state index contributed by atoms with van der Waals surface area (Å²) in [6.45, 7) is 12.0. The first-order valence-corrected chi connectivity index (χ1v) is 8.75. The van der Waals surface area contributed by atoms with Gasteiger partial charge in [0.1, 0.15) is 0 Å². The number of hydrogen-bond donors (Lipinski definition) is 0. The number of likely N-dealkylation sites (tertiary alicyclic amines) is 1. The molecule has 0 bridgehead atoms. The summed E-state index contributed by atoms with van der Waals surface area (Å²) < 4.78 is 0. The summed E-state index contributed by atoms with van der Waals surface area (Å²) in [7, 11) is 2.27. The molecule has 1 aliphatic carbocycles. The van der Waals surface area contributed by atoms with Gasteiger partial charge in [-0.25, -0.2) is 0 Å². The monoisotopic (exact) mass is 285 g/mol. The van der Waals surface area contributed by atoms with E-state index in [1.54, 1.807) is 22.3 Å². The van der Waals surface area contributed by atoms with Crippen LogP contribution in [0, 0.1) is 5.41 Å². The highest BCUT2D eigenvalue weighted by molar-refractivity contribution is 5.48. The highest BCUT2D eigenvalue weighted by Crippen LogP contribution is 2.48. The smallest absolute Gasteiger partial charge is 0.00163 e. The van der Waals surface area contributed by atoms with Crippen molar-refractivity contribution in [2.45, 2.75) is 65.2 Å². The van der Waals surface area contributed by atoms with Gasteiger partial charge in [-0.3, -0.25) is 0 Å². The first-order valence-electron chi connectivity index (χ1n) is 8.75. The average molecular weight is 285 g/mol. The Morgan fingerprint density at radius 1 is 0.857 bits per heavy atom. The van der Waals surface area contributed by atoms with Crippen molar-refractivity contribution in [2.24, 2.45) is 5.41 Å². The molecule has 0 unspecified atom stereocenters. The molecule has 0 N–H and O–H groups in total. The van der Waals surface area contributed by atoms with Crippen LogP contribution in [0.2, 0.25) is 0 Å². The van der Waals surface area contributed by atoms with Crippen molar-refractivity contribution in [3.63, 3.8) is 0 Å². The van der Waals surface area contributed by atoms with Crippen LogP contribution in [0.15, 0.2) is 12.1 Å². The van der Waals surface area contributed by atoms with Gasteiger partial charge >= 0.3 is 0 Å². The van der Waals surface area contributed by atoms with Crippen LogP contribution in [-0.4, -0.2) is 25.0 Å². The van der Waals surface area contributed by atoms with E-state index in [2.05, 4.69) is 51.8 Å². The zero-order valence-corrected chi connectivity index (χ0v) is 14.5. The van der Waals surface area contributed by atoms with Crippen LogP contribution in [0.5, 0.6) is 0 Å². The molecule has 2 aliphatic rings. The molecule has 0 saturated carbocycles. The lowest BCUT2D eigenvalue weighted by Crippen LogP contribution is -2.38. The molecule has 1 saturated heterocycles. The Bertz CT molecular complexity index is 480. The van der Waals surface area contributed by atoms with Crippen LogP contribution in [0.25, 0.3) is 0 Å². The number of fused-ring (bicyclic) bond motifs is 1. The van der Waals surface area contributed by atoms with Crippen molar-refractivity contribution < 1.29 is 0 Å². The Balaban J connectivity index is 2.00. The lowest BCUT2D eigenvalue weighted by atomic mass is 9.75. The minimum absolute atomic E-state index is 0.573.